The molecule has 120 valence electrons. The molecule has 2 aliphatic heterocycles. The van der Waals surface area contributed by atoms with Crippen molar-refractivity contribution in [3.05, 3.63) is 23.8 Å². The molecule has 0 bridgehead atoms. The quantitative estimate of drug-likeness (QED) is 0.865. The second-order valence-corrected chi connectivity index (χ2v) is 6.92. The smallest absolute Gasteiger partial charge is 0.167 e. The summed E-state index contributed by atoms with van der Waals surface area (Å²) in [6.07, 6.45) is 6.56. The zero-order valence-corrected chi connectivity index (χ0v) is 13.2. The van der Waals surface area contributed by atoms with Gasteiger partial charge in [0.05, 0.1) is 13.2 Å². The molecule has 2 heterocycles. The molecule has 2 atom stereocenters. The first kappa shape index (κ1) is 14.3. The van der Waals surface area contributed by atoms with Crippen LogP contribution in [0.1, 0.15) is 50.2 Å². The summed E-state index contributed by atoms with van der Waals surface area (Å²) in [6, 6.07) is 6.45. The molecule has 1 saturated carbocycles. The number of hydrogen-bond donors (Lipinski definition) is 1. The van der Waals surface area contributed by atoms with Crippen molar-refractivity contribution in [3.63, 3.8) is 0 Å². The zero-order valence-electron chi connectivity index (χ0n) is 13.2. The lowest BCUT2D eigenvalue weighted by molar-refractivity contribution is -0.145. The van der Waals surface area contributed by atoms with E-state index in [1.165, 1.54) is 6.42 Å². The number of nitrogens with two attached hydrogens (primary N) is 1. The summed E-state index contributed by atoms with van der Waals surface area (Å²) in [6.45, 7) is 0.841. The predicted molar refractivity (Wildman–Crippen MR) is 84.2 cm³/mol. The molecule has 2 fully saturated rings. The molecule has 3 aliphatic rings. The van der Waals surface area contributed by atoms with Gasteiger partial charge in [-0.15, -0.1) is 0 Å². The average molecular weight is 303 g/mol. The van der Waals surface area contributed by atoms with Gasteiger partial charge in [0.25, 0.3) is 0 Å². The van der Waals surface area contributed by atoms with Crippen molar-refractivity contribution in [2.45, 2.75) is 56.3 Å². The Morgan fingerprint density at radius 2 is 2.05 bits per heavy atom. The van der Waals surface area contributed by atoms with Gasteiger partial charge in [0.15, 0.2) is 11.5 Å². The van der Waals surface area contributed by atoms with E-state index in [1.54, 1.807) is 7.11 Å². The van der Waals surface area contributed by atoms with E-state index in [1.807, 2.05) is 12.1 Å². The Hall–Kier alpha value is -1.26. The van der Waals surface area contributed by atoms with Crippen molar-refractivity contribution in [1.29, 1.82) is 0 Å². The summed E-state index contributed by atoms with van der Waals surface area (Å²) in [7, 11) is 1.70. The maximum Gasteiger partial charge on any atom is 0.167 e. The Labute approximate surface area is 131 Å². The van der Waals surface area contributed by atoms with Gasteiger partial charge in [0, 0.05) is 24.1 Å². The van der Waals surface area contributed by atoms with Crippen LogP contribution in [-0.4, -0.2) is 25.4 Å². The van der Waals surface area contributed by atoms with Gasteiger partial charge in [-0.1, -0.05) is 12.1 Å². The van der Waals surface area contributed by atoms with E-state index in [9.17, 15) is 0 Å². The summed E-state index contributed by atoms with van der Waals surface area (Å²) in [5.41, 5.74) is 7.17. The SMILES string of the molecule is COc1cccc2c1OC1(CCC(N)CC1)[C@@H]1CCCO[C@@H]21. The third-order valence-corrected chi connectivity index (χ3v) is 5.72. The average Bonchev–Trinajstić information content (AvgIpc) is 2.57. The molecule has 1 aromatic rings. The standard InChI is InChI=1S/C18H25NO3/c1-20-15-6-2-4-13-16-14(5-3-11-21-16)18(22-17(13)15)9-7-12(19)8-10-18/h2,4,6,12,14,16H,3,5,7-11,19H2,1H3/t12?,14-,16+,18?/m1/s1. The molecule has 2 N–H and O–H groups in total. The van der Waals surface area contributed by atoms with Crippen molar-refractivity contribution in [1.82, 2.24) is 0 Å². The van der Waals surface area contributed by atoms with E-state index in [0.717, 1.165) is 55.8 Å². The Morgan fingerprint density at radius 3 is 2.82 bits per heavy atom. The largest absolute Gasteiger partial charge is 0.493 e. The van der Waals surface area contributed by atoms with Crippen LogP contribution >= 0.6 is 0 Å². The molecule has 4 rings (SSSR count). The maximum atomic E-state index is 6.64. The third kappa shape index (κ3) is 2.12. The van der Waals surface area contributed by atoms with E-state index >= 15 is 0 Å². The molecule has 0 radical (unpaired) electrons. The van der Waals surface area contributed by atoms with Crippen LogP contribution in [-0.2, 0) is 4.74 Å². The molecule has 0 amide bonds. The summed E-state index contributed by atoms with van der Waals surface area (Å²) in [4.78, 5) is 0. The Morgan fingerprint density at radius 1 is 1.23 bits per heavy atom. The van der Waals surface area contributed by atoms with Crippen LogP contribution in [0.25, 0.3) is 0 Å². The lowest BCUT2D eigenvalue weighted by atomic mass is 9.67. The van der Waals surface area contributed by atoms with Gasteiger partial charge in [-0.3, -0.25) is 0 Å². The molecular formula is C18H25NO3. The maximum absolute atomic E-state index is 6.64. The first-order valence-electron chi connectivity index (χ1n) is 8.46. The Kier molecular flexibility index (Phi) is 3.54. The zero-order chi connectivity index (χ0) is 15.2. The monoisotopic (exact) mass is 303 g/mol. The fourth-order valence-corrected chi connectivity index (χ4v) is 4.53. The molecule has 4 heteroatoms. The molecule has 4 nitrogen and oxygen atoms in total. The molecule has 1 spiro atoms. The number of rotatable bonds is 1. The van der Waals surface area contributed by atoms with Gasteiger partial charge in [-0.2, -0.15) is 0 Å². The molecule has 22 heavy (non-hydrogen) atoms. The number of fused-ring (bicyclic) bond motifs is 4. The lowest BCUT2D eigenvalue weighted by Gasteiger charge is -2.52. The number of para-hydroxylation sites is 1. The molecule has 1 saturated heterocycles. The first-order valence-corrected chi connectivity index (χ1v) is 8.46. The van der Waals surface area contributed by atoms with Crippen LogP contribution < -0.4 is 15.2 Å². The van der Waals surface area contributed by atoms with Crippen molar-refractivity contribution in [3.8, 4) is 11.5 Å². The number of methoxy groups -OCH3 is 1. The summed E-state index contributed by atoms with van der Waals surface area (Å²) < 4.78 is 18.4. The van der Waals surface area contributed by atoms with Gasteiger partial charge >= 0.3 is 0 Å². The van der Waals surface area contributed by atoms with Crippen LogP contribution in [0.3, 0.4) is 0 Å². The van der Waals surface area contributed by atoms with Gasteiger partial charge < -0.3 is 19.9 Å². The summed E-state index contributed by atoms with van der Waals surface area (Å²) >= 11 is 0. The van der Waals surface area contributed by atoms with Crippen LogP contribution in [0.4, 0.5) is 0 Å². The number of ether oxygens (including phenoxy) is 3. The van der Waals surface area contributed by atoms with E-state index in [-0.39, 0.29) is 11.7 Å². The van der Waals surface area contributed by atoms with Crippen LogP contribution in [0, 0.1) is 5.92 Å². The lowest BCUT2D eigenvalue weighted by Crippen LogP contribution is -2.54. The van der Waals surface area contributed by atoms with Gasteiger partial charge in [-0.25, -0.2) is 0 Å². The fraction of sp³-hybridized carbons (Fsp3) is 0.667. The van der Waals surface area contributed by atoms with Gasteiger partial charge in [0.2, 0.25) is 0 Å². The third-order valence-electron chi connectivity index (χ3n) is 5.72. The summed E-state index contributed by atoms with van der Waals surface area (Å²) in [5.74, 6) is 2.15. The minimum Gasteiger partial charge on any atom is -0.493 e. The number of benzene rings is 1. The molecule has 1 aromatic carbocycles. The summed E-state index contributed by atoms with van der Waals surface area (Å²) in [5, 5.41) is 0. The van der Waals surface area contributed by atoms with E-state index in [2.05, 4.69) is 6.07 Å². The Bertz CT molecular complexity index is 551. The van der Waals surface area contributed by atoms with Gasteiger partial charge in [0.1, 0.15) is 5.60 Å². The first-order chi connectivity index (χ1) is 10.7. The van der Waals surface area contributed by atoms with Gasteiger partial charge in [-0.05, 0) is 44.6 Å². The highest BCUT2D eigenvalue weighted by molar-refractivity contribution is 5.50. The minimum atomic E-state index is -0.122. The van der Waals surface area contributed by atoms with Crippen LogP contribution in [0.15, 0.2) is 18.2 Å². The van der Waals surface area contributed by atoms with Crippen molar-refractivity contribution in [2.75, 3.05) is 13.7 Å². The predicted octanol–water partition coefficient (Wildman–Crippen LogP) is 3.20. The molecule has 0 unspecified atom stereocenters. The highest BCUT2D eigenvalue weighted by Gasteiger charge is 2.52. The highest BCUT2D eigenvalue weighted by atomic mass is 16.5. The van der Waals surface area contributed by atoms with Crippen LogP contribution in [0.5, 0.6) is 11.5 Å². The highest BCUT2D eigenvalue weighted by Crippen LogP contribution is 2.56. The molecular weight excluding hydrogens is 278 g/mol. The van der Waals surface area contributed by atoms with E-state index in [0.29, 0.717) is 12.0 Å². The van der Waals surface area contributed by atoms with Crippen molar-refractivity contribution >= 4 is 0 Å². The normalized spacial score (nSPS) is 37.1. The van der Waals surface area contributed by atoms with Crippen LogP contribution in [0.2, 0.25) is 0 Å². The second kappa shape index (κ2) is 5.43. The Balaban J connectivity index is 1.78. The van der Waals surface area contributed by atoms with Crippen molar-refractivity contribution < 1.29 is 14.2 Å². The molecule has 0 aromatic heterocycles. The number of hydrogen-bond acceptors (Lipinski definition) is 4. The second-order valence-electron chi connectivity index (χ2n) is 6.92. The van der Waals surface area contributed by atoms with E-state index < -0.39 is 0 Å². The minimum absolute atomic E-state index is 0.122. The molecule has 1 aliphatic carbocycles. The van der Waals surface area contributed by atoms with E-state index in [4.69, 9.17) is 19.9 Å². The van der Waals surface area contributed by atoms with Crippen molar-refractivity contribution in [2.24, 2.45) is 11.7 Å². The fourth-order valence-electron chi connectivity index (χ4n) is 4.53. The topological polar surface area (TPSA) is 53.7 Å².